The smallest absolute Gasteiger partial charge is 0.254 e. The third-order valence-corrected chi connectivity index (χ3v) is 6.91. The highest BCUT2D eigenvalue weighted by molar-refractivity contribution is 5.98. The highest BCUT2D eigenvalue weighted by Crippen LogP contribution is 2.24. The zero-order chi connectivity index (χ0) is 26.2. The molecule has 5 heteroatoms. The molecule has 1 aliphatic heterocycles. The van der Waals surface area contributed by atoms with Crippen LogP contribution in [0.15, 0.2) is 109 Å². The molecular weight excluding hydrogens is 472 g/mol. The van der Waals surface area contributed by atoms with Gasteiger partial charge in [0.2, 0.25) is 5.91 Å². The molecule has 1 atom stereocenters. The summed E-state index contributed by atoms with van der Waals surface area (Å²) in [6.45, 7) is 1.49. The van der Waals surface area contributed by atoms with Crippen molar-refractivity contribution >= 4 is 11.8 Å². The van der Waals surface area contributed by atoms with Crippen LogP contribution in [-0.2, 0) is 17.9 Å². The summed E-state index contributed by atoms with van der Waals surface area (Å²) < 4.78 is 5.92. The maximum atomic E-state index is 13.8. The van der Waals surface area contributed by atoms with Crippen LogP contribution < -0.4 is 10.1 Å². The molecule has 1 N–H and O–H groups in total. The standard InChI is InChI=1S/C33H32N2O3/c36-32-31(13-7-8-22-34-32)35(33(37)29-18-16-28(17-19-29)27-11-5-2-6-12-27)23-25-14-20-30(21-15-25)38-24-26-9-3-1-4-10-26/h1-6,9-12,14-21,31H,7-8,13,22-24H2,(H,34,36). The topological polar surface area (TPSA) is 58.6 Å². The van der Waals surface area contributed by atoms with Gasteiger partial charge in [0, 0.05) is 18.7 Å². The number of carbonyl (C=O) groups is 2. The molecule has 4 aromatic carbocycles. The zero-order valence-electron chi connectivity index (χ0n) is 21.4. The second kappa shape index (κ2) is 12.2. The van der Waals surface area contributed by atoms with Gasteiger partial charge in [-0.25, -0.2) is 0 Å². The lowest BCUT2D eigenvalue weighted by Gasteiger charge is -2.30. The molecule has 38 heavy (non-hydrogen) atoms. The van der Waals surface area contributed by atoms with Gasteiger partial charge in [0.25, 0.3) is 5.91 Å². The Morgan fingerprint density at radius 3 is 2.13 bits per heavy atom. The van der Waals surface area contributed by atoms with E-state index in [9.17, 15) is 9.59 Å². The second-order valence-corrected chi connectivity index (χ2v) is 9.60. The SMILES string of the molecule is O=C1NCCCCC1N(Cc1ccc(OCc2ccccc2)cc1)C(=O)c1ccc(-c2ccccc2)cc1. The van der Waals surface area contributed by atoms with Crippen molar-refractivity contribution in [1.82, 2.24) is 10.2 Å². The summed E-state index contributed by atoms with van der Waals surface area (Å²) in [5, 5.41) is 2.99. The van der Waals surface area contributed by atoms with E-state index in [-0.39, 0.29) is 11.8 Å². The molecule has 4 aromatic rings. The number of carbonyl (C=O) groups excluding carboxylic acids is 2. The number of benzene rings is 4. The fourth-order valence-corrected chi connectivity index (χ4v) is 4.77. The molecule has 1 saturated heterocycles. The van der Waals surface area contributed by atoms with Crippen LogP contribution in [0.2, 0.25) is 0 Å². The van der Waals surface area contributed by atoms with Crippen LogP contribution in [0.1, 0.15) is 40.7 Å². The Morgan fingerprint density at radius 1 is 0.763 bits per heavy atom. The summed E-state index contributed by atoms with van der Waals surface area (Å²) in [4.78, 5) is 28.5. The largest absolute Gasteiger partial charge is 0.489 e. The van der Waals surface area contributed by atoms with Crippen molar-refractivity contribution in [3.05, 3.63) is 126 Å². The first-order chi connectivity index (χ1) is 18.7. The normalized spacial score (nSPS) is 15.3. The predicted molar refractivity (Wildman–Crippen MR) is 150 cm³/mol. The van der Waals surface area contributed by atoms with Crippen LogP contribution in [0.5, 0.6) is 5.75 Å². The first-order valence-corrected chi connectivity index (χ1v) is 13.2. The van der Waals surface area contributed by atoms with Crippen LogP contribution in [0.3, 0.4) is 0 Å². The molecular formula is C33H32N2O3. The van der Waals surface area contributed by atoms with Gasteiger partial charge in [0.05, 0.1) is 0 Å². The van der Waals surface area contributed by atoms with Crippen molar-refractivity contribution in [2.75, 3.05) is 6.54 Å². The summed E-state index contributed by atoms with van der Waals surface area (Å²) in [7, 11) is 0. The van der Waals surface area contributed by atoms with Gasteiger partial charge in [-0.3, -0.25) is 9.59 Å². The van der Waals surface area contributed by atoms with Crippen molar-refractivity contribution < 1.29 is 14.3 Å². The Balaban J connectivity index is 1.34. The van der Waals surface area contributed by atoms with E-state index in [1.807, 2.05) is 109 Å². The molecule has 1 fully saturated rings. The molecule has 5 rings (SSSR count). The van der Waals surface area contributed by atoms with E-state index in [0.717, 1.165) is 40.8 Å². The Kier molecular flexibility index (Phi) is 8.14. The Hall–Kier alpha value is -4.38. The molecule has 0 spiro atoms. The van der Waals surface area contributed by atoms with Crippen LogP contribution in [0, 0.1) is 0 Å². The molecule has 0 radical (unpaired) electrons. The number of nitrogens with zero attached hydrogens (tertiary/aromatic N) is 1. The molecule has 192 valence electrons. The molecule has 0 bridgehead atoms. The van der Waals surface area contributed by atoms with Crippen molar-refractivity contribution in [2.45, 2.75) is 38.5 Å². The molecule has 0 saturated carbocycles. The number of hydrogen-bond acceptors (Lipinski definition) is 3. The lowest BCUT2D eigenvalue weighted by molar-refractivity contribution is -0.125. The van der Waals surface area contributed by atoms with Crippen molar-refractivity contribution in [2.24, 2.45) is 0 Å². The maximum absolute atomic E-state index is 13.8. The molecule has 1 heterocycles. The highest BCUT2D eigenvalue weighted by atomic mass is 16.5. The van der Waals surface area contributed by atoms with Crippen LogP contribution >= 0.6 is 0 Å². The first kappa shape index (κ1) is 25.3. The van der Waals surface area contributed by atoms with Crippen LogP contribution in [0.25, 0.3) is 11.1 Å². The maximum Gasteiger partial charge on any atom is 0.254 e. The Labute approximate surface area is 224 Å². The van der Waals surface area contributed by atoms with E-state index in [0.29, 0.717) is 31.7 Å². The Bertz CT molecular complexity index is 1340. The first-order valence-electron chi connectivity index (χ1n) is 13.2. The average molecular weight is 505 g/mol. The van der Waals surface area contributed by atoms with E-state index >= 15 is 0 Å². The monoisotopic (exact) mass is 504 g/mol. The summed E-state index contributed by atoms with van der Waals surface area (Å²) in [5.74, 6) is 0.537. The highest BCUT2D eigenvalue weighted by Gasteiger charge is 2.31. The molecule has 1 aliphatic rings. The zero-order valence-corrected chi connectivity index (χ0v) is 21.4. The summed E-state index contributed by atoms with van der Waals surface area (Å²) >= 11 is 0. The number of rotatable bonds is 8. The number of amides is 2. The van der Waals surface area contributed by atoms with Gasteiger partial charge in [-0.1, -0.05) is 84.9 Å². The molecule has 0 aliphatic carbocycles. The van der Waals surface area contributed by atoms with Crippen LogP contribution in [0.4, 0.5) is 0 Å². The minimum absolute atomic E-state index is 0.0837. The van der Waals surface area contributed by atoms with E-state index in [2.05, 4.69) is 5.32 Å². The quantitative estimate of drug-likeness (QED) is 0.309. The van der Waals surface area contributed by atoms with Gasteiger partial charge in [-0.15, -0.1) is 0 Å². The van der Waals surface area contributed by atoms with Crippen molar-refractivity contribution in [1.29, 1.82) is 0 Å². The molecule has 2 amide bonds. The van der Waals surface area contributed by atoms with Crippen molar-refractivity contribution in [3.63, 3.8) is 0 Å². The van der Waals surface area contributed by atoms with Gasteiger partial charge in [-0.2, -0.15) is 0 Å². The van der Waals surface area contributed by atoms with Crippen LogP contribution in [-0.4, -0.2) is 29.3 Å². The van der Waals surface area contributed by atoms with E-state index in [1.165, 1.54) is 0 Å². The number of hydrogen-bond donors (Lipinski definition) is 1. The van der Waals surface area contributed by atoms with E-state index in [1.54, 1.807) is 4.90 Å². The fourth-order valence-electron chi connectivity index (χ4n) is 4.77. The average Bonchev–Trinajstić information content (AvgIpc) is 3.20. The number of ether oxygens (including phenoxy) is 1. The molecule has 0 aromatic heterocycles. The fraction of sp³-hybridized carbons (Fsp3) is 0.212. The molecule has 1 unspecified atom stereocenters. The minimum atomic E-state index is -0.507. The lowest BCUT2D eigenvalue weighted by Crippen LogP contribution is -2.48. The second-order valence-electron chi connectivity index (χ2n) is 9.60. The van der Waals surface area contributed by atoms with Gasteiger partial charge in [0.15, 0.2) is 0 Å². The Morgan fingerprint density at radius 2 is 1.42 bits per heavy atom. The van der Waals surface area contributed by atoms with Gasteiger partial charge in [0.1, 0.15) is 18.4 Å². The number of nitrogens with one attached hydrogen (secondary N) is 1. The summed E-state index contributed by atoms with van der Waals surface area (Å²) in [5.41, 5.74) is 4.77. The van der Waals surface area contributed by atoms with Crippen molar-refractivity contribution in [3.8, 4) is 16.9 Å². The molecule has 5 nitrogen and oxygen atoms in total. The predicted octanol–water partition coefficient (Wildman–Crippen LogP) is 6.24. The summed E-state index contributed by atoms with van der Waals surface area (Å²) in [6, 6.07) is 35.0. The minimum Gasteiger partial charge on any atom is -0.489 e. The van der Waals surface area contributed by atoms with E-state index in [4.69, 9.17) is 4.74 Å². The van der Waals surface area contributed by atoms with Gasteiger partial charge >= 0.3 is 0 Å². The summed E-state index contributed by atoms with van der Waals surface area (Å²) in [6.07, 6.45) is 2.47. The lowest BCUT2D eigenvalue weighted by atomic mass is 10.0. The van der Waals surface area contributed by atoms with E-state index < -0.39 is 6.04 Å². The third-order valence-electron chi connectivity index (χ3n) is 6.91. The van der Waals surface area contributed by atoms with Gasteiger partial charge < -0.3 is 15.0 Å². The van der Waals surface area contributed by atoms with Gasteiger partial charge in [-0.05, 0) is 65.8 Å². The third kappa shape index (κ3) is 6.30.